The van der Waals surface area contributed by atoms with Crippen LogP contribution in [-0.2, 0) is 6.42 Å². The van der Waals surface area contributed by atoms with Gasteiger partial charge in [-0.15, -0.1) is 0 Å². The molecule has 0 fully saturated rings. The molecule has 0 spiro atoms. The lowest BCUT2D eigenvalue weighted by Crippen LogP contribution is -2.07. The lowest BCUT2D eigenvalue weighted by Gasteiger charge is -2.15. The van der Waals surface area contributed by atoms with Gasteiger partial charge in [-0.05, 0) is 62.1 Å². The molecular weight excluding hydrogens is 260 g/mol. The quantitative estimate of drug-likeness (QED) is 0.883. The lowest BCUT2D eigenvalue weighted by molar-refractivity contribution is 0.177. The standard InChI is InChI=1S/C19H24O2/c1-13(2)21-18-7-5-6-17(12-18)19(20)11-16-9-8-14(3)15(4)10-16/h5-10,12-13,19-20H,11H2,1-4H3. The van der Waals surface area contributed by atoms with Gasteiger partial charge < -0.3 is 9.84 Å². The molecule has 2 heteroatoms. The molecule has 2 aromatic rings. The van der Waals surface area contributed by atoms with Crippen LogP contribution < -0.4 is 4.74 Å². The zero-order valence-corrected chi connectivity index (χ0v) is 13.3. The molecule has 0 saturated heterocycles. The van der Waals surface area contributed by atoms with Gasteiger partial charge in [0.05, 0.1) is 12.2 Å². The van der Waals surface area contributed by atoms with Gasteiger partial charge in [-0.2, -0.15) is 0 Å². The van der Waals surface area contributed by atoms with Crippen LogP contribution in [0.5, 0.6) is 5.75 Å². The lowest BCUT2D eigenvalue weighted by atomic mass is 9.98. The van der Waals surface area contributed by atoms with E-state index in [9.17, 15) is 5.11 Å². The van der Waals surface area contributed by atoms with Gasteiger partial charge in [-0.25, -0.2) is 0 Å². The van der Waals surface area contributed by atoms with E-state index in [0.29, 0.717) is 6.42 Å². The van der Waals surface area contributed by atoms with Gasteiger partial charge in [0.15, 0.2) is 0 Å². The highest BCUT2D eigenvalue weighted by molar-refractivity contribution is 5.33. The summed E-state index contributed by atoms with van der Waals surface area (Å²) >= 11 is 0. The first-order chi connectivity index (χ1) is 9.95. The minimum atomic E-state index is -0.511. The number of rotatable bonds is 5. The Kier molecular flexibility index (Phi) is 5.03. The largest absolute Gasteiger partial charge is 0.491 e. The summed E-state index contributed by atoms with van der Waals surface area (Å²) in [5.74, 6) is 0.807. The van der Waals surface area contributed by atoms with Gasteiger partial charge in [0.25, 0.3) is 0 Å². The number of ether oxygens (including phenoxy) is 1. The Morgan fingerprint density at radius 3 is 2.43 bits per heavy atom. The van der Waals surface area contributed by atoms with Crippen molar-refractivity contribution in [2.45, 2.75) is 46.3 Å². The Labute approximate surface area is 127 Å². The number of hydrogen-bond donors (Lipinski definition) is 1. The molecule has 2 aromatic carbocycles. The maximum Gasteiger partial charge on any atom is 0.120 e. The van der Waals surface area contributed by atoms with E-state index >= 15 is 0 Å². The van der Waals surface area contributed by atoms with Crippen molar-refractivity contribution < 1.29 is 9.84 Å². The molecule has 0 aliphatic rings. The van der Waals surface area contributed by atoms with Crippen molar-refractivity contribution in [2.24, 2.45) is 0 Å². The second kappa shape index (κ2) is 6.77. The number of benzene rings is 2. The minimum absolute atomic E-state index is 0.136. The average Bonchev–Trinajstić information content (AvgIpc) is 2.42. The Morgan fingerprint density at radius 1 is 1.00 bits per heavy atom. The Bertz CT molecular complexity index is 602. The molecule has 0 heterocycles. The molecule has 1 atom stereocenters. The monoisotopic (exact) mass is 284 g/mol. The zero-order valence-electron chi connectivity index (χ0n) is 13.3. The van der Waals surface area contributed by atoms with Crippen LogP contribution in [0.15, 0.2) is 42.5 Å². The summed E-state index contributed by atoms with van der Waals surface area (Å²) in [6.45, 7) is 8.20. The molecule has 0 aromatic heterocycles. The summed E-state index contributed by atoms with van der Waals surface area (Å²) in [7, 11) is 0. The highest BCUT2D eigenvalue weighted by Gasteiger charge is 2.10. The predicted octanol–water partition coefficient (Wildman–Crippen LogP) is 4.37. The summed E-state index contributed by atoms with van der Waals surface area (Å²) in [4.78, 5) is 0. The van der Waals surface area contributed by atoms with Crippen LogP contribution in [0.4, 0.5) is 0 Å². The Hall–Kier alpha value is -1.80. The van der Waals surface area contributed by atoms with Crippen molar-refractivity contribution in [2.75, 3.05) is 0 Å². The Morgan fingerprint density at radius 2 is 1.76 bits per heavy atom. The maximum absolute atomic E-state index is 10.4. The summed E-state index contributed by atoms with van der Waals surface area (Å²) in [5.41, 5.74) is 4.59. The van der Waals surface area contributed by atoms with E-state index in [1.807, 2.05) is 38.1 Å². The molecule has 2 nitrogen and oxygen atoms in total. The fourth-order valence-electron chi connectivity index (χ4n) is 2.34. The van der Waals surface area contributed by atoms with Gasteiger partial charge in [0.2, 0.25) is 0 Å². The van der Waals surface area contributed by atoms with E-state index < -0.39 is 6.10 Å². The first-order valence-corrected chi connectivity index (χ1v) is 7.46. The first kappa shape index (κ1) is 15.6. The van der Waals surface area contributed by atoms with Crippen molar-refractivity contribution in [3.05, 3.63) is 64.7 Å². The molecule has 21 heavy (non-hydrogen) atoms. The van der Waals surface area contributed by atoms with E-state index in [1.165, 1.54) is 11.1 Å². The van der Waals surface area contributed by atoms with Crippen LogP contribution in [0.25, 0.3) is 0 Å². The molecule has 1 N–H and O–H groups in total. The number of aliphatic hydroxyl groups excluding tert-OH is 1. The van der Waals surface area contributed by atoms with Gasteiger partial charge in [0, 0.05) is 6.42 Å². The summed E-state index contributed by atoms with van der Waals surface area (Å²) in [6, 6.07) is 14.1. The van der Waals surface area contributed by atoms with Crippen LogP contribution in [0.3, 0.4) is 0 Å². The smallest absolute Gasteiger partial charge is 0.120 e. The van der Waals surface area contributed by atoms with E-state index in [0.717, 1.165) is 16.9 Å². The molecule has 0 aliphatic carbocycles. The Balaban J connectivity index is 2.12. The van der Waals surface area contributed by atoms with Crippen LogP contribution >= 0.6 is 0 Å². The van der Waals surface area contributed by atoms with E-state index in [-0.39, 0.29) is 6.10 Å². The number of aryl methyl sites for hydroxylation is 2. The third kappa shape index (κ3) is 4.33. The fraction of sp³-hybridized carbons (Fsp3) is 0.368. The zero-order chi connectivity index (χ0) is 15.4. The highest BCUT2D eigenvalue weighted by atomic mass is 16.5. The third-order valence-electron chi connectivity index (χ3n) is 3.62. The van der Waals surface area contributed by atoms with E-state index in [4.69, 9.17) is 4.74 Å². The molecule has 1 unspecified atom stereocenters. The van der Waals surface area contributed by atoms with E-state index in [2.05, 4.69) is 32.0 Å². The highest BCUT2D eigenvalue weighted by Crippen LogP contribution is 2.24. The van der Waals surface area contributed by atoms with Gasteiger partial charge in [0.1, 0.15) is 5.75 Å². The van der Waals surface area contributed by atoms with E-state index in [1.54, 1.807) is 0 Å². The minimum Gasteiger partial charge on any atom is -0.491 e. The number of hydrogen-bond acceptors (Lipinski definition) is 2. The third-order valence-corrected chi connectivity index (χ3v) is 3.62. The van der Waals surface area contributed by atoms with Crippen molar-refractivity contribution in [3.63, 3.8) is 0 Å². The second-order valence-corrected chi connectivity index (χ2v) is 5.88. The van der Waals surface area contributed by atoms with Crippen molar-refractivity contribution in [3.8, 4) is 5.75 Å². The predicted molar refractivity (Wildman–Crippen MR) is 86.8 cm³/mol. The molecule has 0 aliphatic heterocycles. The van der Waals surface area contributed by atoms with Gasteiger partial charge in [-0.3, -0.25) is 0 Å². The summed E-state index contributed by atoms with van der Waals surface area (Å²) < 4.78 is 5.68. The van der Waals surface area contributed by atoms with Crippen LogP contribution in [0.2, 0.25) is 0 Å². The molecule has 0 saturated carbocycles. The van der Waals surface area contributed by atoms with Crippen LogP contribution in [-0.4, -0.2) is 11.2 Å². The van der Waals surface area contributed by atoms with Gasteiger partial charge in [-0.1, -0.05) is 30.3 Å². The van der Waals surface area contributed by atoms with Gasteiger partial charge >= 0.3 is 0 Å². The molecule has 0 radical (unpaired) electrons. The maximum atomic E-state index is 10.4. The molecular formula is C19H24O2. The summed E-state index contributed by atoms with van der Waals surface area (Å²) in [5, 5.41) is 10.4. The van der Waals surface area contributed by atoms with Crippen molar-refractivity contribution >= 4 is 0 Å². The molecule has 0 bridgehead atoms. The molecule has 0 amide bonds. The second-order valence-electron chi connectivity index (χ2n) is 5.88. The first-order valence-electron chi connectivity index (χ1n) is 7.46. The molecule has 2 rings (SSSR count). The number of aliphatic hydroxyl groups is 1. The van der Waals surface area contributed by atoms with Crippen LogP contribution in [0, 0.1) is 13.8 Å². The topological polar surface area (TPSA) is 29.5 Å². The van der Waals surface area contributed by atoms with Crippen molar-refractivity contribution in [1.82, 2.24) is 0 Å². The van der Waals surface area contributed by atoms with Crippen molar-refractivity contribution in [1.29, 1.82) is 0 Å². The average molecular weight is 284 g/mol. The summed E-state index contributed by atoms with van der Waals surface area (Å²) in [6.07, 6.45) is 0.242. The molecule has 112 valence electrons. The normalized spacial score (nSPS) is 12.5. The SMILES string of the molecule is Cc1ccc(CC(O)c2cccc(OC(C)C)c2)cc1C. The van der Waals surface area contributed by atoms with Crippen LogP contribution in [0.1, 0.15) is 42.2 Å². The fourth-order valence-corrected chi connectivity index (χ4v) is 2.34.